The van der Waals surface area contributed by atoms with Gasteiger partial charge in [0.1, 0.15) is 0 Å². The summed E-state index contributed by atoms with van der Waals surface area (Å²) in [5, 5.41) is 4.63. The van der Waals surface area contributed by atoms with Crippen molar-refractivity contribution in [1.82, 2.24) is 10.3 Å². The van der Waals surface area contributed by atoms with Gasteiger partial charge in [-0.15, -0.1) is 11.3 Å². The van der Waals surface area contributed by atoms with Crippen LogP contribution in [0.4, 0.5) is 5.13 Å². The first-order chi connectivity index (χ1) is 8.77. The molecule has 0 saturated carbocycles. The van der Waals surface area contributed by atoms with Crippen LogP contribution in [-0.4, -0.2) is 24.6 Å². The molecule has 0 atom stereocenters. The van der Waals surface area contributed by atoms with E-state index in [-0.39, 0.29) is 5.41 Å². The molecule has 19 heavy (non-hydrogen) atoms. The van der Waals surface area contributed by atoms with Crippen LogP contribution in [0.2, 0.25) is 0 Å². The molecule has 0 spiro atoms. The average molecular weight is 283 g/mol. The second-order valence-corrected chi connectivity index (χ2v) is 7.46. The van der Waals surface area contributed by atoms with Crippen molar-refractivity contribution in [2.75, 3.05) is 18.5 Å². The van der Waals surface area contributed by atoms with Gasteiger partial charge in [-0.25, -0.2) is 4.98 Å². The first kappa shape index (κ1) is 16.4. The number of hydrogen-bond donors (Lipinski definition) is 1. The molecule has 0 bridgehead atoms. The number of nitrogens with zero attached hydrogens (tertiary/aromatic N) is 2. The van der Waals surface area contributed by atoms with Crippen molar-refractivity contribution in [3.63, 3.8) is 0 Å². The van der Waals surface area contributed by atoms with Gasteiger partial charge < -0.3 is 10.2 Å². The lowest BCUT2D eigenvalue weighted by atomic mass is 9.91. The smallest absolute Gasteiger partial charge is 0.185 e. The Morgan fingerprint density at radius 2 is 1.95 bits per heavy atom. The summed E-state index contributed by atoms with van der Waals surface area (Å²) >= 11 is 1.83. The molecule has 0 fully saturated rings. The first-order valence-corrected chi connectivity index (χ1v) is 8.02. The predicted molar refractivity (Wildman–Crippen MR) is 86.4 cm³/mol. The lowest BCUT2D eigenvalue weighted by molar-refractivity contribution is 0.558. The number of aromatic nitrogens is 1. The van der Waals surface area contributed by atoms with Crippen molar-refractivity contribution >= 4 is 16.5 Å². The normalized spacial score (nSPS) is 12.2. The van der Waals surface area contributed by atoms with Crippen LogP contribution in [-0.2, 0) is 12.0 Å². The van der Waals surface area contributed by atoms with Gasteiger partial charge in [-0.3, -0.25) is 0 Å². The summed E-state index contributed by atoms with van der Waals surface area (Å²) in [6.45, 7) is 15.3. The highest BCUT2D eigenvalue weighted by molar-refractivity contribution is 7.15. The molecule has 1 aromatic heterocycles. The zero-order chi connectivity index (χ0) is 14.6. The van der Waals surface area contributed by atoms with Crippen LogP contribution in [0, 0.1) is 0 Å². The molecule has 1 rings (SSSR count). The number of rotatable bonds is 6. The van der Waals surface area contributed by atoms with E-state index in [0.717, 1.165) is 18.2 Å². The molecule has 1 heterocycles. The second-order valence-electron chi connectivity index (χ2n) is 6.40. The third kappa shape index (κ3) is 4.46. The van der Waals surface area contributed by atoms with E-state index in [2.05, 4.69) is 58.8 Å². The van der Waals surface area contributed by atoms with Gasteiger partial charge in [0, 0.05) is 29.9 Å². The highest BCUT2D eigenvalue weighted by Gasteiger charge is 2.24. The second kappa shape index (κ2) is 6.71. The molecule has 0 amide bonds. The lowest BCUT2D eigenvalue weighted by Gasteiger charge is -2.20. The van der Waals surface area contributed by atoms with Gasteiger partial charge in [0.25, 0.3) is 0 Å². The minimum Gasteiger partial charge on any atom is -0.349 e. The zero-order valence-corrected chi connectivity index (χ0v) is 14.3. The van der Waals surface area contributed by atoms with Crippen LogP contribution < -0.4 is 10.2 Å². The predicted octanol–water partition coefficient (Wildman–Crippen LogP) is 3.78. The van der Waals surface area contributed by atoms with Crippen LogP contribution in [0.25, 0.3) is 0 Å². The maximum absolute atomic E-state index is 4.89. The minimum atomic E-state index is 0.107. The molecule has 0 aromatic carbocycles. The lowest BCUT2D eigenvalue weighted by Crippen LogP contribution is -2.25. The molecule has 0 saturated heterocycles. The molecular weight excluding hydrogens is 254 g/mol. The standard InChI is InChI=1S/C15H29N3S/c1-8-9-16-10-12-13(15(4,5)6)17-14(19-12)18(7)11(2)3/h11,16H,8-10H2,1-7H3. The number of nitrogens with one attached hydrogen (secondary N) is 1. The molecule has 1 aromatic rings. The zero-order valence-electron chi connectivity index (χ0n) is 13.5. The van der Waals surface area contributed by atoms with E-state index in [4.69, 9.17) is 4.98 Å². The fourth-order valence-electron chi connectivity index (χ4n) is 1.80. The van der Waals surface area contributed by atoms with Gasteiger partial charge in [0.2, 0.25) is 0 Å². The van der Waals surface area contributed by atoms with Crippen LogP contribution >= 0.6 is 11.3 Å². The third-order valence-corrected chi connectivity index (χ3v) is 4.33. The van der Waals surface area contributed by atoms with E-state index in [1.165, 1.54) is 17.0 Å². The SMILES string of the molecule is CCCNCc1sc(N(C)C(C)C)nc1C(C)(C)C. The number of anilines is 1. The molecular formula is C15H29N3S. The van der Waals surface area contributed by atoms with Crippen molar-refractivity contribution < 1.29 is 0 Å². The van der Waals surface area contributed by atoms with Crippen LogP contribution in [0.5, 0.6) is 0 Å². The maximum Gasteiger partial charge on any atom is 0.185 e. The molecule has 0 unspecified atom stereocenters. The van der Waals surface area contributed by atoms with Crippen molar-refractivity contribution in [1.29, 1.82) is 0 Å². The van der Waals surface area contributed by atoms with Crippen molar-refractivity contribution in [2.45, 2.75) is 66.0 Å². The van der Waals surface area contributed by atoms with E-state index in [9.17, 15) is 0 Å². The van der Waals surface area contributed by atoms with Gasteiger partial charge in [-0.1, -0.05) is 27.7 Å². The Balaban J connectivity index is 2.99. The quantitative estimate of drug-likeness (QED) is 0.805. The van der Waals surface area contributed by atoms with E-state index < -0.39 is 0 Å². The summed E-state index contributed by atoms with van der Waals surface area (Å²) in [6, 6.07) is 0.482. The topological polar surface area (TPSA) is 28.2 Å². The molecule has 0 radical (unpaired) electrons. The van der Waals surface area contributed by atoms with E-state index in [1.54, 1.807) is 0 Å². The first-order valence-electron chi connectivity index (χ1n) is 7.21. The Morgan fingerprint density at radius 1 is 1.32 bits per heavy atom. The summed E-state index contributed by atoms with van der Waals surface area (Å²) < 4.78 is 0. The van der Waals surface area contributed by atoms with Crippen molar-refractivity contribution in [2.24, 2.45) is 0 Å². The molecule has 4 heteroatoms. The summed E-state index contributed by atoms with van der Waals surface area (Å²) in [5.74, 6) is 0. The van der Waals surface area contributed by atoms with Crippen molar-refractivity contribution in [3.8, 4) is 0 Å². The molecule has 3 nitrogen and oxygen atoms in total. The van der Waals surface area contributed by atoms with Gasteiger partial charge in [0.05, 0.1) is 5.69 Å². The fraction of sp³-hybridized carbons (Fsp3) is 0.800. The Hall–Kier alpha value is -0.610. The van der Waals surface area contributed by atoms with Gasteiger partial charge >= 0.3 is 0 Å². The highest BCUT2D eigenvalue weighted by Crippen LogP contribution is 2.34. The molecule has 0 aliphatic rings. The van der Waals surface area contributed by atoms with E-state index in [0.29, 0.717) is 6.04 Å². The molecule has 0 aliphatic carbocycles. The number of thiazole rings is 1. The largest absolute Gasteiger partial charge is 0.349 e. The Kier molecular flexibility index (Phi) is 5.81. The van der Waals surface area contributed by atoms with Crippen molar-refractivity contribution in [3.05, 3.63) is 10.6 Å². The van der Waals surface area contributed by atoms with Crippen LogP contribution in [0.3, 0.4) is 0 Å². The fourth-order valence-corrected chi connectivity index (χ4v) is 3.13. The summed E-state index contributed by atoms with van der Waals surface area (Å²) in [5.41, 5.74) is 1.35. The van der Waals surface area contributed by atoms with Crippen LogP contribution in [0.1, 0.15) is 58.5 Å². The van der Waals surface area contributed by atoms with Gasteiger partial charge in [-0.05, 0) is 26.8 Å². The minimum absolute atomic E-state index is 0.107. The van der Waals surface area contributed by atoms with Crippen LogP contribution in [0.15, 0.2) is 0 Å². The summed E-state index contributed by atoms with van der Waals surface area (Å²) in [4.78, 5) is 8.52. The highest BCUT2D eigenvalue weighted by atomic mass is 32.1. The van der Waals surface area contributed by atoms with E-state index >= 15 is 0 Å². The van der Waals surface area contributed by atoms with E-state index in [1.807, 2.05) is 11.3 Å². The van der Waals surface area contributed by atoms with Gasteiger partial charge in [-0.2, -0.15) is 0 Å². The maximum atomic E-state index is 4.89. The average Bonchev–Trinajstić information content (AvgIpc) is 2.72. The molecule has 110 valence electrons. The third-order valence-electron chi connectivity index (χ3n) is 3.19. The molecule has 0 aliphatic heterocycles. The summed E-state index contributed by atoms with van der Waals surface area (Å²) in [6.07, 6.45) is 1.17. The molecule has 1 N–H and O–H groups in total. The summed E-state index contributed by atoms with van der Waals surface area (Å²) in [7, 11) is 2.12. The number of hydrogen-bond acceptors (Lipinski definition) is 4. The Labute approximate surface area is 122 Å². The van der Waals surface area contributed by atoms with Gasteiger partial charge in [0.15, 0.2) is 5.13 Å². The Morgan fingerprint density at radius 3 is 2.42 bits per heavy atom. The monoisotopic (exact) mass is 283 g/mol. The Bertz CT molecular complexity index is 391.